The van der Waals surface area contributed by atoms with Crippen LogP contribution in [0.4, 0.5) is 4.39 Å². The average molecular weight is 363 g/mol. The van der Waals surface area contributed by atoms with Gasteiger partial charge in [0.15, 0.2) is 0 Å². The Balaban J connectivity index is 1.65. The second kappa shape index (κ2) is 7.72. The van der Waals surface area contributed by atoms with E-state index in [1.54, 1.807) is 30.1 Å². The first-order valence-corrected chi connectivity index (χ1v) is 9.04. The second-order valence-corrected chi connectivity index (χ2v) is 7.48. The number of hydrogen-bond acceptors (Lipinski definition) is 4. The van der Waals surface area contributed by atoms with Crippen molar-refractivity contribution in [3.63, 3.8) is 0 Å². The first kappa shape index (κ1) is 18.8. The molecule has 142 valence electrons. The highest BCUT2D eigenvalue weighted by atomic mass is 19.1. The molecule has 1 saturated heterocycles. The Kier molecular flexibility index (Phi) is 5.58. The molecular weight excluding hydrogens is 337 g/mol. The van der Waals surface area contributed by atoms with Crippen LogP contribution in [-0.4, -0.2) is 66.1 Å². The highest BCUT2D eigenvalue weighted by Gasteiger charge is 2.44. The number of nitrogens with zero attached hydrogens (tertiary/aromatic N) is 2. The van der Waals surface area contributed by atoms with Crippen LogP contribution in [0.25, 0.3) is 0 Å². The number of carbonyl (C=O) groups is 2. The lowest BCUT2D eigenvalue weighted by Crippen LogP contribution is -2.56. The minimum Gasteiger partial charge on any atom is -0.396 e. The maximum absolute atomic E-state index is 14.0. The predicted molar refractivity (Wildman–Crippen MR) is 94.6 cm³/mol. The number of aliphatic hydroxyl groups excluding tert-OH is 1. The summed E-state index contributed by atoms with van der Waals surface area (Å²) in [5.41, 5.74) is 0.358. The molecule has 1 aliphatic carbocycles. The van der Waals surface area contributed by atoms with Crippen LogP contribution >= 0.6 is 0 Å². The van der Waals surface area contributed by atoms with Crippen molar-refractivity contribution < 1.29 is 19.1 Å². The van der Waals surface area contributed by atoms with Gasteiger partial charge in [0.25, 0.3) is 0 Å². The molecule has 2 aliphatic rings. The molecule has 2 N–H and O–H groups in total. The van der Waals surface area contributed by atoms with E-state index in [1.165, 1.54) is 6.07 Å². The van der Waals surface area contributed by atoms with E-state index >= 15 is 0 Å². The molecule has 3 rings (SSSR count). The summed E-state index contributed by atoms with van der Waals surface area (Å²) in [6.45, 7) is 1.93. The van der Waals surface area contributed by atoms with E-state index in [0.717, 1.165) is 12.8 Å². The molecule has 0 unspecified atom stereocenters. The predicted octanol–water partition coefficient (Wildman–Crippen LogP) is 0.747. The summed E-state index contributed by atoms with van der Waals surface area (Å²) >= 11 is 0. The largest absolute Gasteiger partial charge is 0.396 e. The summed E-state index contributed by atoms with van der Waals surface area (Å²) in [6, 6.07) is 5.89. The Morgan fingerprint density at radius 1 is 1.42 bits per heavy atom. The maximum Gasteiger partial charge on any atom is 0.237 e. The molecule has 1 saturated carbocycles. The molecule has 0 radical (unpaired) electrons. The fourth-order valence-electron chi connectivity index (χ4n) is 3.47. The van der Waals surface area contributed by atoms with Gasteiger partial charge >= 0.3 is 0 Å². The molecule has 0 bridgehead atoms. The van der Waals surface area contributed by atoms with Gasteiger partial charge in [-0.2, -0.15) is 0 Å². The molecule has 0 spiro atoms. The number of carbonyl (C=O) groups excluding carboxylic acids is 2. The van der Waals surface area contributed by atoms with Crippen molar-refractivity contribution in [1.29, 1.82) is 0 Å². The summed E-state index contributed by atoms with van der Waals surface area (Å²) < 4.78 is 14.0. The zero-order chi connectivity index (χ0) is 18.7. The Hall–Kier alpha value is -1.99. The van der Waals surface area contributed by atoms with Crippen LogP contribution in [0.3, 0.4) is 0 Å². The molecule has 7 heteroatoms. The standard InChI is InChI=1S/C19H26FN3O3/c1-22(12-19(13-24)6-7-19)17(25)10-16-18(26)21-8-9-23(16)11-14-4-2-3-5-15(14)20/h2-5,16,24H,6-13H2,1H3,(H,21,26)/t16-/m1/s1. The van der Waals surface area contributed by atoms with E-state index in [0.29, 0.717) is 31.7 Å². The van der Waals surface area contributed by atoms with Crippen LogP contribution in [0, 0.1) is 11.2 Å². The molecule has 1 aromatic carbocycles. The van der Waals surface area contributed by atoms with Crippen molar-refractivity contribution in [3.05, 3.63) is 35.6 Å². The number of rotatable bonds is 7. The number of aliphatic hydroxyl groups is 1. The highest BCUT2D eigenvalue weighted by Crippen LogP contribution is 2.45. The van der Waals surface area contributed by atoms with Gasteiger partial charge in [-0.3, -0.25) is 14.5 Å². The molecule has 1 aromatic rings. The van der Waals surface area contributed by atoms with Gasteiger partial charge in [0.1, 0.15) is 5.82 Å². The Labute approximate surface area is 153 Å². The van der Waals surface area contributed by atoms with Gasteiger partial charge < -0.3 is 15.3 Å². The summed E-state index contributed by atoms with van der Waals surface area (Å²) in [7, 11) is 1.71. The highest BCUT2D eigenvalue weighted by molar-refractivity contribution is 5.88. The van der Waals surface area contributed by atoms with Crippen molar-refractivity contribution in [2.24, 2.45) is 5.41 Å². The van der Waals surface area contributed by atoms with E-state index in [-0.39, 0.29) is 36.1 Å². The van der Waals surface area contributed by atoms with Crippen molar-refractivity contribution in [1.82, 2.24) is 15.1 Å². The average Bonchev–Trinajstić information content (AvgIpc) is 3.39. The Bertz CT molecular complexity index is 678. The van der Waals surface area contributed by atoms with E-state index < -0.39 is 6.04 Å². The van der Waals surface area contributed by atoms with Crippen molar-refractivity contribution in [2.75, 3.05) is 33.3 Å². The van der Waals surface area contributed by atoms with Gasteiger partial charge in [0, 0.05) is 44.2 Å². The smallest absolute Gasteiger partial charge is 0.237 e. The molecule has 0 aromatic heterocycles. The third-order valence-corrected chi connectivity index (χ3v) is 5.43. The van der Waals surface area contributed by atoms with E-state index in [1.807, 2.05) is 4.90 Å². The number of nitrogens with one attached hydrogen (secondary N) is 1. The zero-order valence-electron chi connectivity index (χ0n) is 15.1. The van der Waals surface area contributed by atoms with Crippen LogP contribution in [-0.2, 0) is 16.1 Å². The lowest BCUT2D eigenvalue weighted by molar-refractivity contribution is -0.138. The van der Waals surface area contributed by atoms with Gasteiger partial charge in [0.05, 0.1) is 19.1 Å². The third-order valence-electron chi connectivity index (χ3n) is 5.43. The van der Waals surface area contributed by atoms with Crippen LogP contribution in [0.15, 0.2) is 24.3 Å². The van der Waals surface area contributed by atoms with Gasteiger partial charge in [-0.15, -0.1) is 0 Å². The summed E-state index contributed by atoms with van der Waals surface area (Å²) in [4.78, 5) is 28.4. The summed E-state index contributed by atoms with van der Waals surface area (Å²) in [5.74, 6) is -0.637. The number of hydrogen-bond donors (Lipinski definition) is 2. The quantitative estimate of drug-likeness (QED) is 0.750. The molecule has 1 aliphatic heterocycles. The van der Waals surface area contributed by atoms with Gasteiger partial charge in [-0.05, 0) is 18.9 Å². The lowest BCUT2D eigenvalue weighted by atomic mass is 10.0. The van der Waals surface area contributed by atoms with Crippen LogP contribution in [0.2, 0.25) is 0 Å². The van der Waals surface area contributed by atoms with Crippen LogP contribution in [0.5, 0.6) is 0 Å². The van der Waals surface area contributed by atoms with Crippen LogP contribution < -0.4 is 5.32 Å². The van der Waals surface area contributed by atoms with Crippen molar-refractivity contribution in [2.45, 2.75) is 31.8 Å². The monoisotopic (exact) mass is 363 g/mol. The van der Waals surface area contributed by atoms with Gasteiger partial charge in [-0.25, -0.2) is 4.39 Å². The lowest BCUT2D eigenvalue weighted by Gasteiger charge is -2.35. The first-order chi connectivity index (χ1) is 12.4. The van der Waals surface area contributed by atoms with Gasteiger partial charge in [-0.1, -0.05) is 18.2 Å². The SMILES string of the molecule is CN(CC1(CO)CC1)C(=O)C[C@@H]1C(=O)NCCN1Cc1ccccc1F. The first-order valence-electron chi connectivity index (χ1n) is 9.04. The van der Waals surface area contributed by atoms with Crippen molar-refractivity contribution >= 4 is 11.8 Å². The Morgan fingerprint density at radius 3 is 2.81 bits per heavy atom. The van der Waals surface area contributed by atoms with E-state index in [9.17, 15) is 19.1 Å². The second-order valence-electron chi connectivity index (χ2n) is 7.48. The van der Waals surface area contributed by atoms with Gasteiger partial charge in [0.2, 0.25) is 11.8 Å². The fourth-order valence-corrected chi connectivity index (χ4v) is 3.47. The Morgan fingerprint density at radius 2 is 2.15 bits per heavy atom. The maximum atomic E-state index is 14.0. The zero-order valence-corrected chi connectivity index (χ0v) is 15.1. The van der Waals surface area contributed by atoms with Crippen molar-refractivity contribution in [3.8, 4) is 0 Å². The number of halogens is 1. The number of amides is 2. The number of benzene rings is 1. The van der Waals surface area contributed by atoms with E-state index in [2.05, 4.69) is 5.32 Å². The fraction of sp³-hybridized carbons (Fsp3) is 0.579. The van der Waals surface area contributed by atoms with E-state index in [4.69, 9.17) is 0 Å². The molecule has 26 heavy (non-hydrogen) atoms. The summed E-state index contributed by atoms with van der Waals surface area (Å²) in [5, 5.41) is 12.2. The van der Waals surface area contributed by atoms with Crippen LogP contribution in [0.1, 0.15) is 24.8 Å². The minimum absolute atomic E-state index is 0.0539. The normalized spacial score (nSPS) is 22.0. The third kappa shape index (κ3) is 4.22. The molecule has 2 amide bonds. The molecular formula is C19H26FN3O3. The molecule has 1 heterocycles. The minimum atomic E-state index is -0.609. The number of piperazine rings is 1. The molecule has 6 nitrogen and oxygen atoms in total. The topological polar surface area (TPSA) is 72.9 Å². The molecule has 1 atom stereocenters. The molecule has 2 fully saturated rings. The summed E-state index contributed by atoms with van der Waals surface area (Å²) in [6.07, 6.45) is 1.90.